The SMILES string of the molecule is CCC/C=C\C/C=C\CCCCCCCC(=O)OC(COC(=O)CCCCCCCCCCCCC)COP(=O)(O)OCC(N)C(=O)O. The molecule has 0 aliphatic heterocycles. The molecular formula is C36H66NO10P. The first-order valence-corrected chi connectivity index (χ1v) is 19.9. The molecule has 0 heterocycles. The van der Waals surface area contributed by atoms with E-state index in [0.717, 1.165) is 70.6 Å². The molecule has 0 aromatic heterocycles. The van der Waals surface area contributed by atoms with E-state index in [4.69, 9.17) is 24.8 Å². The van der Waals surface area contributed by atoms with Gasteiger partial charge in [0.25, 0.3) is 0 Å². The lowest BCUT2D eigenvalue weighted by Gasteiger charge is -2.20. The Balaban J connectivity index is 4.49. The number of carboxylic acid groups (broad SMARTS) is 1. The summed E-state index contributed by atoms with van der Waals surface area (Å²) in [5.74, 6) is -2.40. The number of ether oxygens (including phenoxy) is 2. The monoisotopic (exact) mass is 703 g/mol. The van der Waals surface area contributed by atoms with Gasteiger partial charge in [-0.2, -0.15) is 0 Å². The number of phosphoric acid groups is 1. The Hall–Kier alpha value is -2.04. The third kappa shape index (κ3) is 31.2. The van der Waals surface area contributed by atoms with Crippen molar-refractivity contribution < 1.29 is 47.5 Å². The largest absolute Gasteiger partial charge is 0.480 e. The van der Waals surface area contributed by atoms with E-state index in [9.17, 15) is 23.8 Å². The molecule has 0 aromatic rings. The van der Waals surface area contributed by atoms with Crippen molar-refractivity contribution in [2.24, 2.45) is 5.73 Å². The number of hydrogen-bond acceptors (Lipinski definition) is 9. The standard InChI is InChI=1S/C36H66NO10P/c1-3-5-7-9-11-13-15-16-18-20-22-24-26-28-35(39)47-32(30-45-48(42,43)46-31-33(37)36(40)41)29-44-34(38)27-25-23-21-19-17-14-12-10-8-6-4-2/h7,9,13,15,32-33H,3-6,8,10-12,14,16-31,37H2,1-2H3,(H,40,41)(H,42,43)/b9-7-,15-13-. The third-order valence-corrected chi connectivity index (χ3v) is 8.63. The lowest BCUT2D eigenvalue weighted by atomic mass is 10.1. The van der Waals surface area contributed by atoms with Gasteiger partial charge in [-0.05, 0) is 38.5 Å². The Morgan fingerprint density at radius 2 is 1.15 bits per heavy atom. The number of hydrogen-bond donors (Lipinski definition) is 3. The number of carbonyl (C=O) groups excluding carboxylic acids is 2. The van der Waals surface area contributed by atoms with Gasteiger partial charge in [0, 0.05) is 12.8 Å². The van der Waals surface area contributed by atoms with Crippen LogP contribution in [0.25, 0.3) is 0 Å². The van der Waals surface area contributed by atoms with Crippen molar-refractivity contribution in [2.75, 3.05) is 19.8 Å². The smallest absolute Gasteiger partial charge is 0.472 e. The number of carbonyl (C=O) groups is 3. The van der Waals surface area contributed by atoms with Gasteiger partial charge >= 0.3 is 25.7 Å². The summed E-state index contributed by atoms with van der Waals surface area (Å²) in [6.45, 7) is 2.69. The number of carboxylic acids is 1. The van der Waals surface area contributed by atoms with E-state index in [2.05, 4.69) is 42.7 Å². The summed E-state index contributed by atoms with van der Waals surface area (Å²) >= 11 is 0. The van der Waals surface area contributed by atoms with Crippen molar-refractivity contribution in [1.82, 2.24) is 0 Å². The average Bonchev–Trinajstić information content (AvgIpc) is 3.05. The molecule has 0 aliphatic carbocycles. The van der Waals surface area contributed by atoms with Crippen LogP contribution in [0, 0.1) is 0 Å². The minimum absolute atomic E-state index is 0.147. The topological polar surface area (TPSA) is 172 Å². The van der Waals surface area contributed by atoms with Gasteiger partial charge in [-0.1, -0.05) is 128 Å². The van der Waals surface area contributed by atoms with Gasteiger partial charge < -0.3 is 25.2 Å². The number of esters is 2. The highest BCUT2D eigenvalue weighted by atomic mass is 31.2. The first-order valence-electron chi connectivity index (χ1n) is 18.4. The van der Waals surface area contributed by atoms with Crippen molar-refractivity contribution in [3.05, 3.63) is 24.3 Å². The average molecular weight is 704 g/mol. The Kier molecular flexibility index (Phi) is 30.8. The highest BCUT2D eigenvalue weighted by molar-refractivity contribution is 7.47. The zero-order valence-corrected chi connectivity index (χ0v) is 30.7. The minimum Gasteiger partial charge on any atom is -0.480 e. The Labute approximate surface area is 290 Å². The van der Waals surface area contributed by atoms with Crippen LogP contribution >= 0.6 is 7.82 Å². The lowest BCUT2D eigenvalue weighted by Crippen LogP contribution is -2.34. The van der Waals surface area contributed by atoms with Crippen molar-refractivity contribution >= 4 is 25.7 Å². The molecule has 0 spiro atoms. The summed E-state index contributed by atoms with van der Waals surface area (Å²) in [5, 5.41) is 8.84. The summed E-state index contributed by atoms with van der Waals surface area (Å²) in [7, 11) is -4.71. The Bertz CT molecular complexity index is 926. The minimum atomic E-state index is -4.71. The molecule has 0 amide bonds. The second-order valence-electron chi connectivity index (χ2n) is 12.4. The fraction of sp³-hybridized carbons (Fsp3) is 0.806. The summed E-state index contributed by atoms with van der Waals surface area (Å²) in [6, 6.07) is -1.52. The fourth-order valence-electron chi connectivity index (χ4n) is 4.75. The number of nitrogens with two attached hydrogens (primary N) is 1. The summed E-state index contributed by atoms with van der Waals surface area (Å²) in [5.41, 5.74) is 5.31. The van der Waals surface area contributed by atoms with Crippen LogP contribution in [0.15, 0.2) is 24.3 Å². The lowest BCUT2D eigenvalue weighted by molar-refractivity contribution is -0.161. The molecule has 280 valence electrons. The molecule has 0 saturated carbocycles. The maximum absolute atomic E-state index is 12.5. The Morgan fingerprint density at radius 1 is 0.646 bits per heavy atom. The zero-order chi connectivity index (χ0) is 35.7. The van der Waals surface area contributed by atoms with Crippen LogP contribution in [-0.4, -0.2) is 59.9 Å². The van der Waals surface area contributed by atoms with Gasteiger partial charge in [0.2, 0.25) is 0 Å². The van der Waals surface area contributed by atoms with E-state index in [1.54, 1.807) is 0 Å². The van der Waals surface area contributed by atoms with E-state index < -0.39 is 51.1 Å². The van der Waals surface area contributed by atoms with Crippen molar-refractivity contribution in [2.45, 2.75) is 167 Å². The first-order chi connectivity index (χ1) is 23.1. The summed E-state index contributed by atoms with van der Waals surface area (Å²) in [4.78, 5) is 45.6. The maximum atomic E-state index is 12.5. The van der Waals surface area contributed by atoms with Crippen LogP contribution in [0.3, 0.4) is 0 Å². The maximum Gasteiger partial charge on any atom is 0.472 e. The van der Waals surface area contributed by atoms with Crippen LogP contribution in [-0.2, 0) is 37.5 Å². The molecular weight excluding hydrogens is 637 g/mol. The van der Waals surface area contributed by atoms with Crippen LogP contribution in [0.2, 0.25) is 0 Å². The van der Waals surface area contributed by atoms with E-state index >= 15 is 0 Å². The number of rotatable bonds is 34. The quantitative estimate of drug-likeness (QED) is 0.0253. The molecule has 48 heavy (non-hydrogen) atoms. The molecule has 12 heteroatoms. The molecule has 0 aliphatic rings. The summed E-state index contributed by atoms with van der Waals surface area (Å²) in [6.07, 6.45) is 29.7. The number of aliphatic carboxylic acids is 1. The molecule has 11 nitrogen and oxygen atoms in total. The Morgan fingerprint density at radius 3 is 1.71 bits per heavy atom. The van der Waals surface area contributed by atoms with Gasteiger partial charge in [0.05, 0.1) is 13.2 Å². The van der Waals surface area contributed by atoms with Gasteiger partial charge in [-0.3, -0.25) is 23.4 Å². The van der Waals surface area contributed by atoms with Crippen molar-refractivity contribution in [3.8, 4) is 0 Å². The zero-order valence-electron chi connectivity index (χ0n) is 29.8. The second kappa shape index (κ2) is 32.2. The van der Waals surface area contributed by atoms with E-state index in [-0.39, 0.29) is 19.4 Å². The number of phosphoric ester groups is 1. The van der Waals surface area contributed by atoms with Gasteiger partial charge in [-0.25, -0.2) is 4.57 Å². The molecule has 0 aromatic carbocycles. The number of unbranched alkanes of at least 4 members (excludes halogenated alkanes) is 16. The van der Waals surface area contributed by atoms with Crippen LogP contribution in [0.4, 0.5) is 0 Å². The van der Waals surface area contributed by atoms with Crippen molar-refractivity contribution in [1.29, 1.82) is 0 Å². The molecule has 0 rings (SSSR count). The second-order valence-corrected chi connectivity index (χ2v) is 13.8. The molecule has 3 atom stereocenters. The molecule has 0 radical (unpaired) electrons. The van der Waals surface area contributed by atoms with E-state index in [1.807, 2.05) is 0 Å². The highest BCUT2D eigenvalue weighted by Crippen LogP contribution is 2.43. The van der Waals surface area contributed by atoms with E-state index in [0.29, 0.717) is 12.8 Å². The first kappa shape index (κ1) is 46.0. The molecule has 4 N–H and O–H groups in total. The van der Waals surface area contributed by atoms with Gasteiger partial charge in [-0.15, -0.1) is 0 Å². The van der Waals surface area contributed by atoms with E-state index in [1.165, 1.54) is 44.9 Å². The molecule has 0 saturated heterocycles. The molecule has 0 bridgehead atoms. The highest BCUT2D eigenvalue weighted by Gasteiger charge is 2.28. The normalized spacial score (nSPS) is 14.2. The predicted octanol–water partition coefficient (Wildman–Crippen LogP) is 8.72. The van der Waals surface area contributed by atoms with Crippen molar-refractivity contribution in [3.63, 3.8) is 0 Å². The van der Waals surface area contributed by atoms with Gasteiger partial charge in [0.1, 0.15) is 12.6 Å². The van der Waals surface area contributed by atoms with Crippen LogP contribution in [0.1, 0.15) is 155 Å². The van der Waals surface area contributed by atoms with Crippen LogP contribution in [0.5, 0.6) is 0 Å². The number of allylic oxidation sites excluding steroid dienone is 4. The third-order valence-electron chi connectivity index (χ3n) is 7.68. The fourth-order valence-corrected chi connectivity index (χ4v) is 5.53. The molecule has 3 unspecified atom stereocenters. The summed E-state index contributed by atoms with van der Waals surface area (Å²) < 4.78 is 32.5. The predicted molar refractivity (Wildman–Crippen MR) is 189 cm³/mol. The van der Waals surface area contributed by atoms with Crippen LogP contribution < -0.4 is 5.73 Å². The molecule has 0 fully saturated rings. The van der Waals surface area contributed by atoms with Gasteiger partial charge in [0.15, 0.2) is 6.10 Å².